The van der Waals surface area contributed by atoms with Crippen molar-refractivity contribution in [3.63, 3.8) is 0 Å². The summed E-state index contributed by atoms with van der Waals surface area (Å²) >= 11 is 12.7. The van der Waals surface area contributed by atoms with E-state index in [1.54, 1.807) is 16.8 Å². The summed E-state index contributed by atoms with van der Waals surface area (Å²) < 4.78 is 12.7. The van der Waals surface area contributed by atoms with E-state index in [-0.39, 0.29) is 0 Å². The molecule has 0 amide bonds. The van der Waals surface area contributed by atoms with Crippen molar-refractivity contribution in [3.8, 4) is 17.1 Å². The minimum atomic E-state index is 0.445. The Hall–Kier alpha value is -2.12. The average molecular weight is 410 g/mol. The van der Waals surface area contributed by atoms with Gasteiger partial charge in [0.2, 0.25) is 0 Å². The number of unbranched alkanes of at least 4 members (excludes halogenated alkanes) is 2. The molecule has 0 radical (unpaired) electrons. The van der Waals surface area contributed by atoms with E-state index in [2.05, 4.69) is 20.7 Å². The monoisotopic (exact) mass is 409 g/mol. The first-order chi connectivity index (χ1) is 13.1. The average Bonchev–Trinajstić information content (AvgIpc) is 3.28. The van der Waals surface area contributed by atoms with E-state index in [1.807, 2.05) is 19.9 Å². The Morgan fingerprint density at radius 3 is 2.56 bits per heavy atom. The van der Waals surface area contributed by atoms with Crippen molar-refractivity contribution in [1.82, 2.24) is 25.4 Å². The molecule has 0 spiro atoms. The lowest BCUT2D eigenvalue weighted by Gasteiger charge is -2.11. The largest absolute Gasteiger partial charge is 0.490 e. The van der Waals surface area contributed by atoms with Crippen LogP contribution in [0.4, 0.5) is 0 Å². The molecule has 0 fully saturated rings. The smallest absolute Gasteiger partial charge is 0.182 e. The van der Waals surface area contributed by atoms with Crippen LogP contribution >= 0.6 is 23.2 Å². The Morgan fingerprint density at radius 2 is 1.89 bits per heavy atom. The zero-order valence-corrected chi connectivity index (χ0v) is 16.8. The van der Waals surface area contributed by atoms with Crippen LogP contribution < -0.4 is 4.74 Å². The van der Waals surface area contributed by atoms with Gasteiger partial charge in [0.25, 0.3) is 0 Å². The van der Waals surface area contributed by atoms with Crippen LogP contribution in [0.5, 0.6) is 5.75 Å². The highest BCUT2D eigenvalue weighted by Gasteiger charge is 2.15. The summed E-state index contributed by atoms with van der Waals surface area (Å²) in [5.41, 5.74) is 1.67. The van der Waals surface area contributed by atoms with Gasteiger partial charge in [0, 0.05) is 24.6 Å². The molecule has 0 bridgehead atoms. The topological polar surface area (TPSA) is 78.9 Å². The highest BCUT2D eigenvalue weighted by atomic mass is 35.5. The summed E-state index contributed by atoms with van der Waals surface area (Å²) in [5.74, 6) is 2.03. The molecular formula is C18H21Cl2N5O2. The van der Waals surface area contributed by atoms with Crippen molar-refractivity contribution >= 4 is 23.2 Å². The highest BCUT2D eigenvalue weighted by Crippen LogP contribution is 2.37. The standard InChI is InChI=1S/C18H21Cl2N5O2/c1-3-25-18(21-23-24-25)13-10-15(19)17(16(20)11-13)26-8-6-4-5-7-14-9-12(2)22-27-14/h9-11H,3-8H2,1-2H3. The molecule has 2 aromatic heterocycles. The molecule has 9 heteroatoms. The van der Waals surface area contributed by atoms with E-state index in [0.717, 1.165) is 42.7 Å². The van der Waals surface area contributed by atoms with E-state index in [4.69, 9.17) is 32.5 Å². The first kappa shape index (κ1) is 19.6. The number of benzene rings is 1. The van der Waals surface area contributed by atoms with Crippen LogP contribution in [0.15, 0.2) is 22.7 Å². The van der Waals surface area contributed by atoms with Gasteiger partial charge in [-0.15, -0.1) is 5.10 Å². The Kier molecular flexibility index (Phi) is 6.68. The molecule has 0 saturated carbocycles. The van der Waals surface area contributed by atoms with Gasteiger partial charge in [0.05, 0.1) is 22.3 Å². The third kappa shape index (κ3) is 4.99. The number of nitrogens with zero attached hydrogens (tertiary/aromatic N) is 5. The van der Waals surface area contributed by atoms with Crippen molar-refractivity contribution in [3.05, 3.63) is 39.7 Å². The summed E-state index contributed by atoms with van der Waals surface area (Å²) in [6.45, 7) is 5.08. The highest BCUT2D eigenvalue weighted by molar-refractivity contribution is 6.37. The molecule has 1 aromatic carbocycles. The fourth-order valence-electron chi connectivity index (χ4n) is 2.74. The molecular weight excluding hydrogens is 389 g/mol. The van der Waals surface area contributed by atoms with Crippen LogP contribution in [0, 0.1) is 6.92 Å². The van der Waals surface area contributed by atoms with Gasteiger partial charge in [-0.2, -0.15) is 0 Å². The maximum atomic E-state index is 6.36. The van der Waals surface area contributed by atoms with E-state index in [1.165, 1.54) is 0 Å². The Morgan fingerprint density at radius 1 is 1.11 bits per heavy atom. The summed E-state index contributed by atoms with van der Waals surface area (Å²) in [6, 6.07) is 5.51. The molecule has 2 heterocycles. The molecule has 7 nitrogen and oxygen atoms in total. The van der Waals surface area contributed by atoms with Gasteiger partial charge < -0.3 is 9.26 Å². The molecule has 0 aliphatic heterocycles. The van der Waals surface area contributed by atoms with Gasteiger partial charge in [-0.05, 0) is 55.7 Å². The quantitative estimate of drug-likeness (QED) is 0.474. The number of aryl methyl sites for hydroxylation is 3. The van der Waals surface area contributed by atoms with Crippen LogP contribution in [0.25, 0.3) is 11.4 Å². The Bertz CT molecular complexity index is 871. The summed E-state index contributed by atoms with van der Waals surface area (Å²) in [7, 11) is 0. The number of hydrogen-bond acceptors (Lipinski definition) is 6. The zero-order valence-electron chi connectivity index (χ0n) is 15.3. The predicted molar refractivity (Wildman–Crippen MR) is 103 cm³/mol. The fourth-order valence-corrected chi connectivity index (χ4v) is 3.33. The van der Waals surface area contributed by atoms with Crippen LogP contribution in [-0.4, -0.2) is 32.0 Å². The second-order valence-corrected chi connectivity index (χ2v) is 7.00. The number of aromatic nitrogens is 5. The van der Waals surface area contributed by atoms with Gasteiger partial charge >= 0.3 is 0 Å². The predicted octanol–water partition coefficient (Wildman–Crippen LogP) is 4.76. The molecule has 27 heavy (non-hydrogen) atoms. The van der Waals surface area contributed by atoms with Gasteiger partial charge in [0.15, 0.2) is 11.6 Å². The van der Waals surface area contributed by atoms with Gasteiger partial charge in [-0.3, -0.25) is 0 Å². The van der Waals surface area contributed by atoms with E-state index in [0.29, 0.717) is 34.8 Å². The lowest BCUT2D eigenvalue weighted by molar-refractivity contribution is 0.303. The maximum Gasteiger partial charge on any atom is 0.182 e. The lowest BCUT2D eigenvalue weighted by Crippen LogP contribution is -2.01. The van der Waals surface area contributed by atoms with Gasteiger partial charge in [0.1, 0.15) is 5.76 Å². The number of ether oxygens (including phenoxy) is 1. The number of rotatable bonds is 9. The van der Waals surface area contributed by atoms with E-state index >= 15 is 0 Å². The second kappa shape index (κ2) is 9.19. The maximum absolute atomic E-state index is 6.36. The molecule has 0 saturated heterocycles. The first-order valence-electron chi connectivity index (χ1n) is 8.89. The minimum absolute atomic E-state index is 0.445. The molecule has 0 unspecified atom stereocenters. The molecule has 0 N–H and O–H groups in total. The van der Waals surface area contributed by atoms with Crippen LogP contribution in [-0.2, 0) is 13.0 Å². The van der Waals surface area contributed by atoms with Crippen LogP contribution in [0.3, 0.4) is 0 Å². The summed E-state index contributed by atoms with van der Waals surface area (Å²) in [5, 5.41) is 16.4. The van der Waals surface area contributed by atoms with Crippen molar-refractivity contribution in [2.75, 3.05) is 6.61 Å². The Labute approximate surface area is 167 Å². The molecule has 0 aliphatic rings. The molecule has 3 rings (SSSR count). The normalized spacial score (nSPS) is 11.1. The number of halogens is 2. The van der Waals surface area contributed by atoms with Crippen LogP contribution in [0.2, 0.25) is 10.0 Å². The molecule has 0 aliphatic carbocycles. The van der Waals surface area contributed by atoms with Gasteiger partial charge in [-0.25, -0.2) is 4.68 Å². The van der Waals surface area contributed by atoms with Gasteiger partial charge in [-0.1, -0.05) is 28.4 Å². The van der Waals surface area contributed by atoms with Crippen molar-refractivity contribution in [2.45, 2.75) is 46.1 Å². The number of hydrogen-bond donors (Lipinski definition) is 0. The minimum Gasteiger partial charge on any atom is -0.490 e. The van der Waals surface area contributed by atoms with Crippen molar-refractivity contribution in [2.24, 2.45) is 0 Å². The second-order valence-electron chi connectivity index (χ2n) is 6.18. The third-order valence-electron chi connectivity index (χ3n) is 4.08. The lowest BCUT2D eigenvalue weighted by atomic mass is 10.1. The summed E-state index contributed by atoms with van der Waals surface area (Å²) in [4.78, 5) is 0. The summed E-state index contributed by atoms with van der Waals surface area (Å²) in [6.07, 6.45) is 3.80. The molecule has 144 valence electrons. The molecule has 0 atom stereocenters. The fraction of sp³-hybridized carbons (Fsp3) is 0.444. The zero-order chi connectivity index (χ0) is 19.2. The van der Waals surface area contributed by atoms with Crippen molar-refractivity contribution < 1.29 is 9.26 Å². The number of tetrazole rings is 1. The van der Waals surface area contributed by atoms with Crippen LogP contribution in [0.1, 0.15) is 37.6 Å². The van der Waals surface area contributed by atoms with E-state index in [9.17, 15) is 0 Å². The first-order valence-corrected chi connectivity index (χ1v) is 9.64. The SMILES string of the molecule is CCn1nnnc1-c1cc(Cl)c(OCCCCCc2cc(C)no2)c(Cl)c1. The van der Waals surface area contributed by atoms with E-state index < -0.39 is 0 Å². The Balaban J connectivity index is 1.51. The third-order valence-corrected chi connectivity index (χ3v) is 4.64. The molecule has 3 aromatic rings. The van der Waals surface area contributed by atoms with Crippen molar-refractivity contribution in [1.29, 1.82) is 0 Å².